The number of aliphatic hydroxyl groups excluding tert-OH is 1. The number of nitrogens with one attached hydrogen (secondary N) is 1. The largest absolute Gasteiger partial charge is 0.395 e. The van der Waals surface area contributed by atoms with Crippen LogP contribution in [0.2, 0.25) is 0 Å². The zero-order valence-corrected chi connectivity index (χ0v) is 7.30. The van der Waals surface area contributed by atoms with Gasteiger partial charge in [0.2, 0.25) is 0 Å². The van der Waals surface area contributed by atoms with Gasteiger partial charge in [0, 0.05) is 11.9 Å². The summed E-state index contributed by atoms with van der Waals surface area (Å²) in [5.74, 6) is 0.966. The molecular weight excluding hydrogens is 152 g/mol. The molecule has 3 nitrogen and oxygen atoms in total. The van der Waals surface area contributed by atoms with Crippen molar-refractivity contribution in [1.82, 2.24) is 9.97 Å². The Balaban J connectivity index is 2.27. The fourth-order valence-corrected chi connectivity index (χ4v) is 1.76. The summed E-state index contributed by atoms with van der Waals surface area (Å²) in [6.45, 7) is 2.21. The summed E-state index contributed by atoms with van der Waals surface area (Å²) in [5.41, 5.74) is 1.04. The topological polar surface area (TPSA) is 48.9 Å². The van der Waals surface area contributed by atoms with Crippen LogP contribution in [0.5, 0.6) is 0 Å². The van der Waals surface area contributed by atoms with Gasteiger partial charge in [-0.25, -0.2) is 4.98 Å². The van der Waals surface area contributed by atoms with Crippen LogP contribution in [0.1, 0.15) is 30.8 Å². The second kappa shape index (κ2) is 2.59. The van der Waals surface area contributed by atoms with E-state index in [1.807, 2.05) is 13.1 Å². The summed E-state index contributed by atoms with van der Waals surface area (Å²) >= 11 is 0. The average molecular weight is 166 g/mol. The van der Waals surface area contributed by atoms with Crippen LogP contribution < -0.4 is 0 Å². The molecule has 0 unspecified atom stereocenters. The molecule has 0 amide bonds. The van der Waals surface area contributed by atoms with Crippen molar-refractivity contribution in [2.24, 2.45) is 0 Å². The van der Waals surface area contributed by atoms with Gasteiger partial charge in [-0.05, 0) is 19.8 Å². The zero-order valence-electron chi connectivity index (χ0n) is 7.30. The third kappa shape index (κ3) is 0.966. The van der Waals surface area contributed by atoms with E-state index in [-0.39, 0.29) is 12.0 Å². The lowest BCUT2D eigenvalue weighted by molar-refractivity contribution is 0.113. The fourth-order valence-electron chi connectivity index (χ4n) is 1.76. The molecule has 1 aromatic heterocycles. The van der Waals surface area contributed by atoms with Gasteiger partial charge in [-0.2, -0.15) is 0 Å². The Morgan fingerprint density at radius 2 is 2.42 bits per heavy atom. The standard InChI is InChI=1S/C9H14N2O/c1-7-5-10-8(11-7)9(6-12)3-2-4-9/h5,12H,2-4,6H2,1H3,(H,10,11). The molecule has 0 spiro atoms. The van der Waals surface area contributed by atoms with Crippen molar-refractivity contribution in [3.8, 4) is 0 Å². The van der Waals surface area contributed by atoms with E-state index in [4.69, 9.17) is 0 Å². The normalized spacial score (nSPS) is 20.5. The maximum atomic E-state index is 9.24. The van der Waals surface area contributed by atoms with E-state index < -0.39 is 0 Å². The van der Waals surface area contributed by atoms with Crippen LogP contribution in [-0.2, 0) is 5.41 Å². The first-order valence-corrected chi connectivity index (χ1v) is 4.40. The van der Waals surface area contributed by atoms with Crippen LogP contribution >= 0.6 is 0 Å². The summed E-state index contributed by atoms with van der Waals surface area (Å²) in [4.78, 5) is 7.46. The van der Waals surface area contributed by atoms with Gasteiger partial charge < -0.3 is 10.1 Å². The van der Waals surface area contributed by atoms with E-state index >= 15 is 0 Å². The number of hydrogen-bond acceptors (Lipinski definition) is 2. The molecule has 0 aliphatic heterocycles. The number of rotatable bonds is 2. The molecule has 0 atom stereocenters. The Kier molecular flexibility index (Phi) is 1.68. The van der Waals surface area contributed by atoms with Gasteiger partial charge in [0.1, 0.15) is 5.82 Å². The molecule has 1 fully saturated rings. The zero-order chi connectivity index (χ0) is 8.60. The number of aliphatic hydroxyl groups is 1. The predicted octanol–water partition coefficient (Wildman–Crippen LogP) is 1.13. The Morgan fingerprint density at radius 1 is 1.67 bits per heavy atom. The Morgan fingerprint density at radius 3 is 2.75 bits per heavy atom. The second-order valence-electron chi connectivity index (χ2n) is 3.71. The number of aromatic nitrogens is 2. The molecule has 0 bridgehead atoms. The highest BCUT2D eigenvalue weighted by Crippen LogP contribution is 2.41. The number of H-pyrrole nitrogens is 1. The molecule has 3 heteroatoms. The Hall–Kier alpha value is -0.830. The van der Waals surface area contributed by atoms with Crippen LogP contribution in [0.4, 0.5) is 0 Å². The van der Waals surface area contributed by atoms with Gasteiger partial charge in [-0.3, -0.25) is 0 Å². The minimum absolute atomic E-state index is 0.0335. The lowest BCUT2D eigenvalue weighted by Gasteiger charge is -2.38. The summed E-state index contributed by atoms with van der Waals surface area (Å²) in [6, 6.07) is 0. The molecule has 1 heterocycles. The molecule has 1 aromatic rings. The quantitative estimate of drug-likeness (QED) is 0.692. The van der Waals surface area contributed by atoms with E-state index in [1.165, 1.54) is 6.42 Å². The van der Waals surface area contributed by atoms with Crippen molar-refractivity contribution in [2.75, 3.05) is 6.61 Å². The molecule has 66 valence electrons. The summed E-state index contributed by atoms with van der Waals surface area (Å²) in [5, 5.41) is 9.24. The Labute approximate surface area is 71.8 Å². The molecular formula is C9H14N2O. The van der Waals surface area contributed by atoms with Crippen molar-refractivity contribution in [3.05, 3.63) is 17.7 Å². The molecule has 2 rings (SSSR count). The SMILES string of the molecule is Cc1cnc(C2(CO)CCC2)[nH]1. The van der Waals surface area contributed by atoms with E-state index in [1.54, 1.807) is 0 Å². The van der Waals surface area contributed by atoms with Crippen LogP contribution in [0.3, 0.4) is 0 Å². The maximum absolute atomic E-state index is 9.24. The predicted molar refractivity (Wildman–Crippen MR) is 45.9 cm³/mol. The molecule has 1 aliphatic rings. The smallest absolute Gasteiger partial charge is 0.114 e. The highest BCUT2D eigenvalue weighted by molar-refractivity contribution is 5.15. The molecule has 0 radical (unpaired) electrons. The third-order valence-electron chi connectivity index (χ3n) is 2.82. The lowest BCUT2D eigenvalue weighted by Crippen LogP contribution is -2.39. The lowest BCUT2D eigenvalue weighted by atomic mass is 9.69. The molecule has 0 aromatic carbocycles. The molecule has 2 N–H and O–H groups in total. The highest BCUT2D eigenvalue weighted by Gasteiger charge is 2.40. The molecule has 1 saturated carbocycles. The summed E-state index contributed by atoms with van der Waals surface area (Å²) in [7, 11) is 0. The number of aromatic amines is 1. The summed E-state index contributed by atoms with van der Waals surface area (Å²) < 4.78 is 0. The first kappa shape index (κ1) is 7.80. The van der Waals surface area contributed by atoms with Crippen LogP contribution in [-0.4, -0.2) is 21.7 Å². The maximum Gasteiger partial charge on any atom is 0.114 e. The van der Waals surface area contributed by atoms with E-state index in [9.17, 15) is 5.11 Å². The third-order valence-corrected chi connectivity index (χ3v) is 2.82. The van der Waals surface area contributed by atoms with Gasteiger partial charge in [-0.15, -0.1) is 0 Å². The molecule has 0 saturated heterocycles. The van der Waals surface area contributed by atoms with Gasteiger partial charge >= 0.3 is 0 Å². The van der Waals surface area contributed by atoms with Crippen molar-refractivity contribution >= 4 is 0 Å². The van der Waals surface area contributed by atoms with Crippen molar-refractivity contribution in [3.63, 3.8) is 0 Å². The highest BCUT2D eigenvalue weighted by atomic mass is 16.3. The van der Waals surface area contributed by atoms with Crippen LogP contribution in [0.25, 0.3) is 0 Å². The van der Waals surface area contributed by atoms with Crippen LogP contribution in [0, 0.1) is 6.92 Å². The second-order valence-corrected chi connectivity index (χ2v) is 3.71. The van der Waals surface area contributed by atoms with Gasteiger partial charge in [0.05, 0.1) is 12.0 Å². The van der Waals surface area contributed by atoms with Gasteiger partial charge in [0.15, 0.2) is 0 Å². The minimum atomic E-state index is -0.0335. The van der Waals surface area contributed by atoms with E-state index in [2.05, 4.69) is 9.97 Å². The average Bonchev–Trinajstić information content (AvgIpc) is 2.35. The van der Waals surface area contributed by atoms with Gasteiger partial charge in [0.25, 0.3) is 0 Å². The van der Waals surface area contributed by atoms with Crippen molar-refractivity contribution in [2.45, 2.75) is 31.6 Å². The van der Waals surface area contributed by atoms with E-state index in [0.717, 1.165) is 24.4 Å². The minimum Gasteiger partial charge on any atom is -0.395 e. The number of nitrogens with zero attached hydrogens (tertiary/aromatic N) is 1. The van der Waals surface area contributed by atoms with Crippen molar-refractivity contribution < 1.29 is 5.11 Å². The first-order chi connectivity index (χ1) is 5.77. The fraction of sp³-hybridized carbons (Fsp3) is 0.667. The number of hydrogen-bond donors (Lipinski definition) is 2. The molecule has 12 heavy (non-hydrogen) atoms. The number of aryl methyl sites for hydroxylation is 1. The first-order valence-electron chi connectivity index (χ1n) is 4.40. The summed E-state index contributed by atoms with van der Waals surface area (Å²) in [6.07, 6.45) is 5.16. The Bertz CT molecular complexity index is 270. The number of imidazole rings is 1. The van der Waals surface area contributed by atoms with Crippen LogP contribution in [0.15, 0.2) is 6.20 Å². The monoisotopic (exact) mass is 166 g/mol. The van der Waals surface area contributed by atoms with Crippen molar-refractivity contribution in [1.29, 1.82) is 0 Å². The van der Waals surface area contributed by atoms with Gasteiger partial charge in [-0.1, -0.05) is 6.42 Å². The molecule has 1 aliphatic carbocycles. The van der Waals surface area contributed by atoms with E-state index in [0.29, 0.717) is 0 Å².